The number of pyridine rings is 1. The van der Waals surface area contributed by atoms with Gasteiger partial charge in [0.1, 0.15) is 11.6 Å². The van der Waals surface area contributed by atoms with Gasteiger partial charge in [-0.15, -0.1) is 0 Å². The van der Waals surface area contributed by atoms with Crippen LogP contribution in [0.1, 0.15) is 41.6 Å². The first-order valence-corrected chi connectivity index (χ1v) is 11.3. The molecule has 0 atom stereocenters. The number of ether oxygens (including phenoxy) is 1. The van der Waals surface area contributed by atoms with Crippen molar-refractivity contribution in [3.8, 4) is 17.2 Å². The Morgan fingerprint density at radius 1 is 1.00 bits per heavy atom. The highest BCUT2D eigenvalue weighted by atomic mass is 19.4. The first kappa shape index (κ1) is 22.9. The smallest absolute Gasteiger partial charge is 0.417 e. The van der Waals surface area contributed by atoms with Gasteiger partial charge in [-0.25, -0.2) is 4.98 Å². The summed E-state index contributed by atoms with van der Waals surface area (Å²) in [6, 6.07) is 17.0. The average Bonchev–Trinajstić information content (AvgIpc) is 3.29. The molecule has 0 saturated heterocycles. The minimum atomic E-state index is -4.43. The number of amides is 1. The molecule has 1 saturated carbocycles. The number of rotatable bonds is 5. The van der Waals surface area contributed by atoms with Gasteiger partial charge in [0.25, 0.3) is 5.91 Å². The number of carbonyl (C=O) groups excluding carboxylic acids is 1. The van der Waals surface area contributed by atoms with Crippen molar-refractivity contribution in [1.29, 1.82) is 0 Å². The molecule has 0 bridgehead atoms. The van der Waals surface area contributed by atoms with Gasteiger partial charge in [0.15, 0.2) is 5.76 Å². The molecule has 4 aromatic rings. The van der Waals surface area contributed by atoms with Gasteiger partial charge < -0.3 is 14.6 Å². The van der Waals surface area contributed by atoms with E-state index in [-0.39, 0.29) is 23.9 Å². The Morgan fingerprint density at radius 2 is 1.77 bits per heavy atom. The normalized spacial score (nSPS) is 18.4. The third-order valence-corrected chi connectivity index (χ3v) is 6.14. The molecule has 2 heterocycles. The van der Waals surface area contributed by atoms with E-state index >= 15 is 0 Å². The molecule has 0 radical (unpaired) electrons. The molecular formula is C26H22F3N3O3. The Balaban J connectivity index is 1.18. The van der Waals surface area contributed by atoms with Crippen LogP contribution in [0.2, 0.25) is 0 Å². The fourth-order valence-electron chi connectivity index (χ4n) is 4.26. The second-order valence-electron chi connectivity index (χ2n) is 8.56. The van der Waals surface area contributed by atoms with E-state index < -0.39 is 11.7 Å². The molecule has 1 fully saturated rings. The van der Waals surface area contributed by atoms with Crippen LogP contribution in [0, 0.1) is 0 Å². The lowest BCUT2D eigenvalue weighted by molar-refractivity contribution is -0.137. The maximum atomic E-state index is 12.9. The number of nitrogens with zero attached hydrogens (tertiary/aromatic N) is 2. The van der Waals surface area contributed by atoms with Crippen molar-refractivity contribution in [2.24, 2.45) is 0 Å². The number of fused-ring (bicyclic) bond motifs is 1. The number of hydrogen-bond donors (Lipinski definition) is 1. The molecule has 9 heteroatoms. The second kappa shape index (κ2) is 9.40. The van der Waals surface area contributed by atoms with Crippen molar-refractivity contribution < 1.29 is 27.2 Å². The van der Waals surface area contributed by atoms with Crippen LogP contribution in [0.3, 0.4) is 0 Å². The zero-order valence-corrected chi connectivity index (χ0v) is 18.6. The zero-order chi connectivity index (χ0) is 24.4. The van der Waals surface area contributed by atoms with E-state index in [0.29, 0.717) is 42.5 Å². The fraction of sp³-hybridized carbons (Fsp3) is 0.269. The van der Waals surface area contributed by atoms with Crippen molar-refractivity contribution >= 4 is 16.8 Å². The van der Waals surface area contributed by atoms with Crippen molar-refractivity contribution in [2.75, 3.05) is 0 Å². The van der Waals surface area contributed by atoms with Crippen LogP contribution in [0.4, 0.5) is 13.2 Å². The molecule has 0 aliphatic heterocycles. The molecular weight excluding hydrogens is 459 g/mol. The summed E-state index contributed by atoms with van der Waals surface area (Å²) in [4.78, 5) is 16.7. The number of benzene rings is 2. The van der Waals surface area contributed by atoms with Gasteiger partial charge in [-0.3, -0.25) is 4.79 Å². The monoisotopic (exact) mass is 481 g/mol. The highest BCUT2D eigenvalue weighted by molar-refractivity contribution is 6.01. The van der Waals surface area contributed by atoms with E-state index in [0.717, 1.165) is 23.2 Å². The molecule has 0 spiro atoms. The standard InChI is InChI=1S/C26H22F3N3O3/c27-26(28,29)18-7-13-23(30-15-18)34-20-10-8-19(9-11-20)31-25(33)17-6-12-22-21(14-17)24(35-32-22)16-4-2-1-3-5-16/h1-7,12-15,19-20H,8-11H2,(H,31,33). The maximum absolute atomic E-state index is 12.9. The third-order valence-electron chi connectivity index (χ3n) is 6.14. The van der Waals surface area contributed by atoms with E-state index in [2.05, 4.69) is 15.5 Å². The second-order valence-corrected chi connectivity index (χ2v) is 8.56. The van der Waals surface area contributed by atoms with Crippen molar-refractivity contribution in [2.45, 2.75) is 44.0 Å². The van der Waals surface area contributed by atoms with Gasteiger partial charge in [0, 0.05) is 29.4 Å². The van der Waals surface area contributed by atoms with E-state index in [9.17, 15) is 18.0 Å². The van der Waals surface area contributed by atoms with Gasteiger partial charge in [0.2, 0.25) is 5.88 Å². The van der Waals surface area contributed by atoms with Crippen LogP contribution in [-0.4, -0.2) is 28.2 Å². The Kier molecular flexibility index (Phi) is 6.15. The highest BCUT2D eigenvalue weighted by Crippen LogP contribution is 2.31. The van der Waals surface area contributed by atoms with E-state index in [1.165, 1.54) is 6.07 Å². The van der Waals surface area contributed by atoms with Gasteiger partial charge in [0.05, 0.1) is 10.9 Å². The number of hydrogen-bond acceptors (Lipinski definition) is 5. The number of alkyl halides is 3. The Morgan fingerprint density at radius 3 is 2.46 bits per heavy atom. The maximum Gasteiger partial charge on any atom is 0.417 e. The molecule has 5 rings (SSSR count). The van der Waals surface area contributed by atoms with Gasteiger partial charge in [-0.05, 0) is 49.9 Å². The minimum Gasteiger partial charge on any atom is -0.474 e. The predicted molar refractivity (Wildman–Crippen MR) is 123 cm³/mol. The first-order chi connectivity index (χ1) is 16.9. The molecule has 0 unspecified atom stereocenters. The summed E-state index contributed by atoms with van der Waals surface area (Å²) in [7, 11) is 0. The largest absolute Gasteiger partial charge is 0.474 e. The number of nitrogens with one attached hydrogen (secondary N) is 1. The van der Waals surface area contributed by atoms with Gasteiger partial charge in [-0.2, -0.15) is 13.2 Å². The molecule has 2 aromatic carbocycles. The molecule has 180 valence electrons. The number of aromatic nitrogens is 2. The quantitative estimate of drug-likeness (QED) is 0.377. The Bertz CT molecular complexity index is 1310. The van der Waals surface area contributed by atoms with E-state index in [1.807, 2.05) is 30.3 Å². The minimum absolute atomic E-state index is 0.0188. The summed E-state index contributed by atoms with van der Waals surface area (Å²) in [6.07, 6.45) is -1.09. The third kappa shape index (κ3) is 5.13. The number of halogens is 3. The van der Waals surface area contributed by atoms with Crippen molar-refractivity contribution in [3.63, 3.8) is 0 Å². The average molecular weight is 481 g/mol. The Hall–Kier alpha value is -3.88. The summed E-state index contributed by atoms with van der Waals surface area (Å²) in [6.45, 7) is 0. The molecule has 1 N–H and O–H groups in total. The van der Waals surface area contributed by atoms with Crippen LogP contribution < -0.4 is 10.1 Å². The predicted octanol–water partition coefficient (Wildman–Crippen LogP) is 6.03. The molecule has 1 aliphatic rings. The summed E-state index contributed by atoms with van der Waals surface area (Å²) in [5, 5.41) is 7.93. The summed E-state index contributed by atoms with van der Waals surface area (Å²) < 4.78 is 49.3. The van der Waals surface area contributed by atoms with Crippen molar-refractivity contribution in [1.82, 2.24) is 15.5 Å². The summed E-state index contributed by atoms with van der Waals surface area (Å²) in [5.74, 6) is 0.604. The number of carbonyl (C=O) groups is 1. The molecule has 35 heavy (non-hydrogen) atoms. The highest BCUT2D eigenvalue weighted by Gasteiger charge is 2.31. The summed E-state index contributed by atoms with van der Waals surface area (Å²) >= 11 is 0. The van der Waals surface area contributed by atoms with Crippen LogP contribution in [0.15, 0.2) is 71.4 Å². The van der Waals surface area contributed by atoms with Crippen LogP contribution in [-0.2, 0) is 6.18 Å². The summed E-state index contributed by atoms with van der Waals surface area (Å²) in [5.41, 5.74) is 1.27. The SMILES string of the molecule is O=C(NC1CCC(Oc2ccc(C(F)(F)F)cn2)CC1)c1ccc2noc(-c3ccccc3)c2c1. The molecule has 6 nitrogen and oxygen atoms in total. The van der Waals surface area contributed by atoms with Crippen LogP contribution in [0.25, 0.3) is 22.2 Å². The molecule has 1 aliphatic carbocycles. The fourth-order valence-corrected chi connectivity index (χ4v) is 4.26. The van der Waals surface area contributed by atoms with Crippen LogP contribution >= 0.6 is 0 Å². The Labute approximate surface area is 199 Å². The topological polar surface area (TPSA) is 77.2 Å². The van der Waals surface area contributed by atoms with Gasteiger partial charge in [-0.1, -0.05) is 35.5 Å². The first-order valence-electron chi connectivity index (χ1n) is 11.3. The lowest BCUT2D eigenvalue weighted by Gasteiger charge is -2.29. The zero-order valence-electron chi connectivity index (χ0n) is 18.6. The lowest BCUT2D eigenvalue weighted by atomic mass is 9.92. The molecule has 2 aromatic heterocycles. The lowest BCUT2D eigenvalue weighted by Crippen LogP contribution is -2.39. The molecule has 1 amide bonds. The van der Waals surface area contributed by atoms with Crippen LogP contribution in [0.5, 0.6) is 5.88 Å². The van der Waals surface area contributed by atoms with E-state index in [1.54, 1.807) is 18.2 Å². The van der Waals surface area contributed by atoms with E-state index in [4.69, 9.17) is 9.26 Å². The van der Waals surface area contributed by atoms with Gasteiger partial charge >= 0.3 is 6.18 Å². The van der Waals surface area contributed by atoms with Crippen molar-refractivity contribution in [3.05, 3.63) is 78.0 Å².